The van der Waals surface area contributed by atoms with E-state index >= 15 is 0 Å². The molecule has 2 nitrogen and oxygen atoms in total. The molecule has 2 aromatic carbocycles. The summed E-state index contributed by atoms with van der Waals surface area (Å²) in [6, 6.07) is 16.9. The van der Waals surface area contributed by atoms with E-state index in [1.54, 1.807) is 24.3 Å². The Hall–Kier alpha value is -0.839. The SMILES string of the molecule is [CH3-].[CH3-].[Cl][Ti][Cl].[NH-]C(=O)c1ccccc1.[Si]C1C=Cc2ccccc21. The number of rotatable bonds is 1. The molecule has 1 N–H and O–H groups in total. The Balaban J connectivity index is 0. The predicted octanol–water partition coefficient (Wildman–Crippen LogP) is 6.08. The van der Waals surface area contributed by atoms with Gasteiger partial charge in [0.1, 0.15) is 0 Å². The fourth-order valence-electron chi connectivity index (χ4n) is 1.84. The van der Waals surface area contributed by atoms with E-state index in [9.17, 15) is 4.79 Å². The summed E-state index contributed by atoms with van der Waals surface area (Å²) < 4.78 is 0. The Morgan fingerprint density at radius 3 is 1.96 bits per heavy atom. The molecule has 3 radical (unpaired) electrons. The second-order valence-electron chi connectivity index (χ2n) is 4.23. The van der Waals surface area contributed by atoms with E-state index in [2.05, 4.69) is 46.7 Å². The third kappa shape index (κ3) is 8.86. The van der Waals surface area contributed by atoms with Gasteiger partial charge in [-0.3, -0.25) is 0 Å². The molecule has 0 heterocycles. The van der Waals surface area contributed by atoms with Crippen LogP contribution in [-0.2, 0) is 17.0 Å². The molecule has 24 heavy (non-hydrogen) atoms. The molecule has 1 atom stereocenters. The van der Waals surface area contributed by atoms with E-state index in [0.29, 0.717) is 11.1 Å². The van der Waals surface area contributed by atoms with Gasteiger partial charge in [0.25, 0.3) is 0 Å². The molecule has 127 valence electrons. The molecule has 2 aromatic rings. The molecule has 0 saturated carbocycles. The number of amides is 1. The first-order valence-electron chi connectivity index (χ1n) is 6.35. The van der Waals surface area contributed by atoms with Crippen molar-refractivity contribution in [2.45, 2.75) is 5.54 Å². The van der Waals surface area contributed by atoms with Crippen LogP contribution >= 0.6 is 18.6 Å². The van der Waals surface area contributed by atoms with Crippen molar-refractivity contribution in [2.75, 3.05) is 0 Å². The summed E-state index contributed by atoms with van der Waals surface area (Å²) in [7, 11) is 13.4. The number of benzene rings is 2. The van der Waals surface area contributed by atoms with Crippen LogP contribution in [0.15, 0.2) is 60.7 Å². The molecule has 1 unspecified atom stereocenters. The van der Waals surface area contributed by atoms with Crippen molar-refractivity contribution < 1.29 is 21.8 Å². The quantitative estimate of drug-likeness (QED) is 0.414. The number of hydrogen-bond acceptors (Lipinski definition) is 1. The van der Waals surface area contributed by atoms with Crippen LogP contribution in [-0.4, -0.2) is 16.1 Å². The second-order valence-corrected chi connectivity index (χ2v) is 7.43. The van der Waals surface area contributed by atoms with Crippen molar-refractivity contribution in [3.05, 3.63) is 98.0 Å². The number of nitrogens with one attached hydrogen (secondary N) is 1. The van der Waals surface area contributed by atoms with E-state index in [0.717, 1.165) is 0 Å². The Morgan fingerprint density at radius 1 is 1.00 bits per heavy atom. The standard InChI is InChI=1S/C9H7Si.C7H7NO.2CH3.2ClH.Ti/c10-9-6-5-7-3-1-2-4-8(7)9;8-7(9)6-4-2-1-3-5-6;;;;;/h1-6,9H;1-5H,(H2,8,9);2*1H3;2*1H;/q;;2*-1;;;+2/p-3. The maximum Gasteiger partial charge on any atom is 0.0796 e. The molecule has 0 aliphatic heterocycles. The smallest absolute Gasteiger partial charge is 0.0796 e. The summed E-state index contributed by atoms with van der Waals surface area (Å²) >= 11 is -0.556. The van der Waals surface area contributed by atoms with Crippen LogP contribution in [0.2, 0.25) is 0 Å². The largest absolute Gasteiger partial charge is 0.664 e. The van der Waals surface area contributed by atoms with Gasteiger partial charge in [-0.25, -0.2) is 0 Å². The molecule has 0 spiro atoms. The number of hydrogen-bond donors (Lipinski definition) is 0. The van der Waals surface area contributed by atoms with Gasteiger partial charge in [-0.1, -0.05) is 66.7 Å². The zero-order valence-corrected chi connectivity index (χ0v) is 17.7. The Bertz CT molecular complexity index is 623. The third-order valence-corrected chi connectivity index (χ3v) is 3.34. The van der Waals surface area contributed by atoms with Crippen LogP contribution in [0.3, 0.4) is 0 Å². The predicted molar refractivity (Wildman–Crippen MR) is 104 cm³/mol. The van der Waals surface area contributed by atoms with Gasteiger partial charge in [0.2, 0.25) is 0 Å². The molecule has 1 amide bonds. The summed E-state index contributed by atoms with van der Waals surface area (Å²) in [5, 5.41) is 0. The topological polar surface area (TPSA) is 40.9 Å². The molecule has 3 rings (SSSR count). The molecule has 0 fully saturated rings. The monoisotopic (exact) mass is 411 g/mol. The average Bonchev–Trinajstić information content (AvgIpc) is 2.92. The normalized spacial score (nSPS) is 12.7. The Labute approximate surface area is 165 Å². The van der Waals surface area contributed by atoms with Crippen LogP contribution in [0.4, 0.5) is 0 Å². The molecule has 0 aromatic heterocycles. The molecule has 0 saturated heterocycles. The third-order valence-electron chi connectivity index (χ3n) is 2.84. The zero-order valence-electron chi connectivity index (χ0n) is 13.6. The molecule has 1 aliphatic carbocycles. The van der Waals surface area contributed by atoms with Crippen molar-refractivity contribution >= 4 is 40.8 Å². The van der Waals surface area contributed by atoms with Gasteiger partial charge in [-0.15, -0.1) is 0 Å². The van der Waals surface area contributed by atoms with Crippen LogP contribution < -0.4 is 0 Å². The van der Waals surface area contributed by atoms with Gasteiger partial charge in [0.15, 0.2) is 0 Å². The summed E-state index contributed by atoms with van der Waals surface area (Å²) in [6.45, 7) is 0. The number of allylic oxidation sites excluding steroid dienone is 1. The maximum atomic E-state index is 10.3. The number of fused-ring (bicyclic) bond motifs is 1. The number of halogens is 2. The average molecular weight is 412 g/mol. The first-order chi connectivity index (χ1) is 10.6. The van der Waals surface area contributed by atoms with E-state index in [-0.39, 0.29) is 14.9 Å². The van der Waals surface area contributed by atoms with Gasteiger partial charge < -0.3 is 25.4 Å². The minimum Gasteiger partial charge on any atom is -0.664 e. The molecular weight excluding hydrogens is 393 g/mol. The van der Waals surface area contributed by atoms with E-state index < -0.39 is 22.9 Å². The molecule has 1 aliphatic rings. The first-order valence-corrected chi connectivity index (χ1v) is 11.2. The molecular formula is C18H19Cl2NOSiTi-3. The minimum absolute atomic E-state index is 0. The van der Waals surface area contributed by atoms with Gasteiger partial charge in [0, 0.05) is 10.2 Å². The van der Waals surface area contributed by atoms with Gasteiger partial charge in [0.05, 0.1) is 5.91 Å². The summed E-state index contributed by atoms with van der Waals surface area (Å²) in [4.78, 5) is 10.3. The van der Waals surface area contributed by atoms with Crippen molar-refractivity contribution in [1.29, 1.82) is 0 Å². The van der Waals surface area contributed by atoms with E-state index in [1.807, 2.05) is 6.07 Å². The van der Waals surface area contributed by atoms with E-state index in [4.69, 9.17) is 24.3 Å². The maximum absolute atomic E-state index is 10.3. The van der Waals surface area contributed by atoms with Crippen molar-refractivity contribution in [3.63, 3.8) is 0 Å². The van der Waals surface area contributed by atoms with Crippen LogP contribution in [0, 0.1) is 14.9 Å². The van der Waals surface area contributed by atoms with Gasteiger partial charge in [-0.05, 0) is 22.2 Å². The minimum atomic E-state index is -0.629. The number of carbonyl (C=O) groups excluding carboxylic acids is 1. The second kappa shape index (κ2) is 14.5. The summed E-state index contributed by atoms with van der Waals surface area (Å²) in [6.07, 6.45) is 4.30. The van der Waals surface area contributed by atoms with Crippen LogP contribution in [0.5, 0.6) is 0 Å². The van der Waals surface area contributed by atoms with Gasteiger partial charge in [-0.2, -0.15) is 0 Å². The Morgan fingerprint density at radius 2 is 1.50 bits per heavy atom. The fourth-order valence-corrected chi connectivity index (χ4v) is 2.20. The van der Waals surface area contributed by atoms with Gasteiger partial charge >= 0.3 is 35.6 Å². The summed E-state index contributed by atoms with van der Waals surface area (Å²) in [5.74, 6) is -0.629. The Kier molecular flexibility index (Phi) is 15.3. The zero-order chi connectivity index (χ0) is 16.4. The van der Waals surface area contributed by atoms with Crippen molar-refractivity contribution in [1.82, 2.24) is 0 Å². The van der Waals surface area contributed by atoms with Crippen molar-refractivity contribution in [3.8, 4) is 0 Å². The van der Waals surface area contributed by atoms with Crippen molar-refractivity contribution in [2.24, 2.45) is 0 Å². The molecule has 0 bridgehead atoms. The summed E-state index contributed by atoms with van der Waals surface area (Å²) in [5.41, 5.74) is 10.3. The first kappa shape index (κ1) is 25.4. The number of carbonyl (C=O) groups is 1. The molecule has 6 heteroatoms. The van der Waals surface area contributed by atoms with Crippen LogP contribution in [0.25, 0.3) is 11.8 Å². The van der Waals surface area contributed by atoms with E-state index in [1.165, 1.54) is 11.1 Å². The fraction of sp³-hybridized carbons (Fsp3) is 0.0556. The van der Waals surface area contributed by atoms with Crippen LogP contribution in [0.1, 0.15) is 27.0 Å².